The van der Waals surface area contributed by atoms with Crippen LogP contribution in [0.2, 0.25) is 0 Å². The number of aromatic nitrogens is 1. The summed E-state index contributed by atoms with van der Waals surface area (Å²) in [7, 11) is 0. The maximum Gasteiger partial charge on any atom is 0.152 e. The van der Waals surface area contributed by atoms with E-state index in [1.165, 1.54) is 11.3 Å². The molecule has 1 fully saturated rings. The monoisotopic (exact) mass is 374 g/mol. The van der Waals surface area contributed by atoms with Crippen molar-refractivity contribution in [3.05, 3.63) is 46.2 Å². The minimum absolute atomic E-state index is 0.0800. The van der Waals surface area contributed by atoms with Crippen molar-refractivity contribution in [1.29, 1.82) is 0 Å². The summed E-state index contributed by atoms with van der Waals surface area (Å²) >= 11 is 3.81. The largest absolute Gasteiger partial charge is 0.479 e. The quantitative estimate of drug-likeness (QED) is 0.733. The summed E-state index contributed by atoms with van der Waals surface area (Å²) in [5, 5.41) is 3.48. The summed E-state index contributed by atoms with van der Waals surface area (Å²) in [5.41, 5.74) is 3.69. The molecule has 23 heavy (non-hydrogen) atoms. The van der Waals surface area contributed by atoms with Gasteiger partial charge in [-0.25, -0.2) is 0 Å². The third-order valence-electron chi connectivity index (χ3n) is 5.02. The average molecular weight is 375 g/mol. The Kier molecular flexibility index (Phi) is 3.40. The predicted octanol–water partition coefficient (Wildman–Crippen LogP) is 4.51. The second kappa shape index (κ2) is 5.12. The van der Waals surface area contributed by atoms with Crippen LogP contribution in [-0.4, -0.2) is 17.7 Å². The number of para-hydroxylation sites is 2. The van der Waals surface area contributed by atoms with Crippen molar-refractivity contribution >= 4 is 15.9 Å². The molecule has 0 radical (unpaired) electrons. The number of hydrogen-bond donors (Lipinski definition) is 1. The number of nitrogens with zero attached hydrogens (tertiary/aromatic N) is 1. The van der Waals surface area contributed by atoms with Gasteiger partial charge in [-0.3, -0.25) is 0 Å². The lowest BCUT2D eigenvalue weighted by Crippen LogP contribution is -2.48. The lowest BCUT2D eigenvalue weighted by molar-refractivity contribution is 0.0183. The number of ether oxygens (including phenoxy) is 1. The first-order chi connectivity index (χ1) is 10.9. The summed E-state index contributed by atoms with van der Waals surface area (Å²) in [6.07, 6.45) is 2.00. The molecule has 3 nitrogen and oxygen atoms in total. The topological polar surface area (TPSA) is 26.2 Å². The SMILES string of the molecule is CC(C)(C)c1cc(Br)n2c1C1(CCNCC1)Oc1ccccc1-2. The van der Waals surface area contributed by atoms with Crippen LogP contribution in [0.5, 0.6) is 5.75 Å². The van der Waals surface area contributed by atoms with Gasteiger partial charge in [0, 0.05) is 12.8 Å². The first-order valence-electron chi connectivity index (χ1n) is 8.34. The van der Waals surface area contributed by atoms with E-state index in [9.17, 15) is 0 Å². The Bertz CT molecular complexity index is 751. The van der Waals surface area contributed by atoms with Crippen molar-refractivity contribution in [3.8, 4) is 11.4 Å². The molecule has 122 valence electrons. The molecule has 1 aromatic carbocycles. The third-order valence-corrected chi connectivity index (χ3v) is 5.60. The van der Waals surface area contributed by atoms with Crippen molar-refractivity contribution in [2.45, 2.75) is 44.6 Å². The molecular weight excluding hydrogens is 352 g/mol. The summed E-state index contributed by atoms with van der Waals surface area (Å²) in [4.78, 5) is 0. The lowest BCUT2D eigenvalue weighted by Gasteiger charge is -2.44. The summed E-state index contributed by atoms with van der Waals surface area (Å²) < 4.78 is 10.1. The summed E-state index contributed by atoms with van der Waals surface area (Å²) in [5.74, 6) is 0.985. The van der Waals surface area contributed by atoms with Gasteiger partial charge in [-0.15, -0.1) is 0 Å². The van der Waals surface area contributed by atoms with Gasteiger partial charge in [0.05, 0.1) is 16.0 Å². The zero-order chi connectivity index (χ0) is 16.2. The summed E-state index contributed by atoms with van der Waals surface area (Å²) in [6.45, 7) is 8.84. The highest BCUT2D eigenvalue weighted by Crippen LogP contribution is 2.49. The number of rotatable bonds is 0. The van der Waals surface area contributed by atoms with Crippen molar-refractivity contribution < 1.29 is 4.74 Å². The van der Waals surface area contributed by atoms with E-state index in [0.717, 1.165) is 42.0 Å². The number of halogens is 1. The first-order valence-corrected chi connectivity index (χ1v) is 9.13. The Morgan fingerprint density at radius 1 is 1.17 bits per heavy atom. The molecule has 1 N–H and O–H groups in total. The lowest BCUT2D eigenvalue weighted by atomic mass is 9.78. The number of benzene rings is 1. The standard InChI is InChI=1S/C19H23BrN2O/c1-18(2,3)13-12-16(20)22-14-6-4-5-7-15(14)23-19(17(13)22)8-10-21-11-9-19/h4-7,12,21H,8-11H2,1-3H3. The zero-order valence-electron chi connectivity index (χ0n) is 13.9. The summed E-state index contributed by atoms with van der Waals surface area (Å²) in [6, 6.07) is 10.6. The van der Waals surface area contributed by atoms with Crippen LogP contribution >= 0.6 is 15.9 Å². The van der Waals surface area contributed by atoms with E-state index in [-0.39, 0.29) is 11.0 Å². The fourth-order valence-electron chi connectivity index (χ4n) is 3.89. The van der Waals surface area contributed by atoms with Gasteiger partial charge in [-0.2, -0.15) is 0 Å². The Morgan fingerprint density at radius 3 is 2.57 bits per heavy atom. The van der Waals surface area contributed by atoms with E-state index in [1.54, 1.807) is 0 Å². The number of nitrogens with one attached hydrogen (secondary N) is 1. The van der Waals surface area contributed by atoms with Crippen LogP contribution in [0, 0.1) is 0 Å². The van der Waals surface area contributed by atoms with Gasteiger partial charge in [0.2, 0.25) is 0 Å². The normalized spacial score (nSPS) is 19.1. The van der Waals surface area contributed by atoms with Gasteiger partial charge >= 0.3 is 0 Å². The molecule has 0 aliphatic carbocycles. The van der Waals surface area contributed by atoms with Crippen LogP contribution in [0.25, 0.3) is 5.69 Å². The van der Waals surface area contributed by atoms with Gasteiger partial charge in [-0.1, -0.05) is 32.9 Å². The Balaban J connectivity index is 2.03. The molecule has 0 unspecified atom stereocenters. The van der Waals surface area contributed by atoms with E-state index >= 15 is 0 Å². The Morgan fingerprint density at radius 2 is 1.87 bits per heavy atom. The second-order valence-electron chi connectivity index (χ2n) is 7.63. The second-order valence-corrected chi connectivity index (χ2v) is 8.44. The minimum Gasteiger partial charge on any atom is -0.479 e. The predicted molar refractivity (Wildman–Crippen MR) is 96.6 cm³/mol. The molecule has 2 aromatic rings. The van der Waals surface area contributed by atoms with E-state index < -0.39 is 0 Å². The maximum atomic E-state index is 6.65. The molecular formula is C19H23BrN2O. The van der Waals surface area contributed by atoms with Crippen molar-refractivity contribution in [2.75, 3.05) is 13.1 Å². The maximum absolute atomic E-state index is 6.65. The van der Waals surface area contributed by atoms with Crippen molar-refractivity contribution in [1.82, 2.24) is 9.88 Å². The molecule has 4 rings (SSSR count). The van der Waals surface area contributed by atoms with Gasteiger partial charge in [0.25, 0.3) is 0 Å². The van der Waals surface area contributed by atoms with E-state index in [1.807, 2.05) is 0 Å². The Labute approximate surface area is 146 Å². The molecule has 3 heterocycles. The van der Waals surface area contributed by atoms with Crippen LogP contribution in [-0.2, 0) is 11.0 Å². The van der Waals surface area contributed by atoms with E-state index in [0.29, 0.717) is 0 Å². The molecule has 0 atom stereocenters. The van der Waals surface area contributed by atoms with Crippen LogP contribution in [0.1, 0.15) is 44.9 Å². The molecule has 1 saturated heterocycles. The fraction of sp³-hybridized carbons (Fsp3) is 0.474. The molecule has 0 saturated carbocycles. The van der Waals surface area contributed by atoms with Crippen LogP contribution in [0.3, 0.4) is 0 Å². The minimum atomic E-state index is -0.228. The van der Waals surface area contributed by atoms with Crippen molar-refractivity contribution in [2.24, 2.45) is 0 Å². The highest BCUT2D eigenvalue weighted by Gasteiger charge is 2.46. The molecule has 2 aliphatic heterocycles. The Hall–Kier alpha value is -1.26. The van der Waals surface area contributed by atoms with Gasteiger partial charge in [-0.05, 0) is 58.2 Å². The van der Waals surface area contributed by atoms with Gasteiger partial charge in [0.1, 0.15) is 5.75 Å². The van der Waals surface area contributed by atoms with E-state index in [4.69, 9.17) is 4.74 Å². The first kappa shape index (κ1) is 15.3. The molecule has 0 bridgehead atoms. The van der Waals surface area contributed by atoms with Crippen molar-refractivity contribution in [3.63, 3.8) is 0 Å². The average Bonchev–Trinajstić information content (AvgIpc) is 2.88. The number of hydrogen-bond acceptors (Lipinski definition) is 2. The van der Waals surface area contributed by atoms with Crippen LogP contribution < -0.4 is 10.1 Å². The van der Waals surface area contributed by atoms with Gasteiger partial charge in [0.15, 0.2) is 5.60 Å². The molecule has 1 aromatic heterocycles. The smallest absolute Gasteiger partial charge is 0.152 e. The zero-order valence-corrected chi connectivity index (χ0v) is 15.5. The molecule has 2 aliphatic rings. The highest BCUT2D eigenvalue weighted by molar-refractivity contribution is 9.10. The van der Waals surface area contributed by atoms with Gasteiger partial charge < -0.3 is 14.6 Å². The third kappa shape index (κ3) is 2.26. The number of fused-ring (bicyclic) bond motifs is 4. The number of piperidine rings is 1. The molecule has 4 heteroatoms. The van der Waals surface area contributed by atoms with Crippen LogP contribution in [0.4, 0.5) is 0 Å². The fourth-order valence-corrected chi connectivity index (χ4v) is 4.49. The van der Waals surface area contributed by atoms with Crippen LogP contribution in [0.15, 0.2) is 34.9 Å². The highest BCUT2D eigenvalue weighted by atomic mass is 79.9. The molecule has 0 amide bonds. The van der Waals surface area contributed by atoms with E-state index in [2.05, 4.69) is 76.9 Å². The molecule has 1 spiro atoms.